The van der Waals surface area contributed by atoms with Gasteiger partial charge in [-0.15, -0.1) is 0 Å². The van der Waals surface area contributed by atoms with Crippen LogP contribution in [0.15, 0.2) is 0 Å². The third-order valence-corrected chi connectivity index (χ3v) is 0. The van der Waals surface area contributed by atoms with E-state index in [1.54, 1.807) is 0 Å². The first kappa shape index (κ1) is 10.8. The molecule has 0 aliphatic heterocycles. The Morgan fingerprint density at radius 3 is 1.50 bits per heavy atom. The lowest BCUT2D eigenvalue weighted by atomic mass is 10.5. The quantitative estimate of drug-likeness (QED) is 0.321. The number of nitrogens with two attached hydrogens (primary N) is 1. The summed E-state index contributed by atoms with van der Waals surface area (Å²) in [5, 5.41) is 18.3. The highest BCUT2D eigenvalue weighted by atomic mass is 32.2. The zero-order valence-corrected chi connectivity index (χ0v) is 5.09. The van der Waals surface area contributed by atoms with Gasteiger partial charge in [-0.05, 0) is 0 Å². The van der Waals surface area contributed by atoms with Crippen LogP contribution in [-0.4, -0.2) is 32.4 Å². The summed E-state index contributed by atoms with van der Waals surface area (Å²) in [6.07, 6.45) is 0.938. The van der Waals surface area contributed by atoms with Gasteiger partial charge in [0, 0.05) is 0 Å². The highest BCUT2D eigenvalue weighted by Crippen LogP contribution is 1.52. The van der Waals surface area contributed by atoms with Crippen molar-refractivity contribution in [2.45, 2.75) is 0 Å². The number of rotatable bonds is 0. The Morgan fingerprint density at radius 1 is 1.50 bits per heavy atom. The number of primary sulfonamides is 1. The van der Waals surface area contributed by atoms with Crippen LogP contribution in [0.3, 0.4) is 0 Å². The van der Waals surface area contributed by atoms with Crippen LogP contribution in [0.25, 0.3) is 0 Å². The molecule has 0 spiro atoms. The summed E-state index contributed by atoms with van der Waals surface area (Å²) >= 11 is 0. The number of sulfonamides is 1. The van der Waals surface area contributed by atoms with Crippen molar-refractivity contribution in [1.82, 2.24) is 0 Å². The van der Waals surface area contributed by atoms with Gasteiger partial charge in [0.1, 0.15) is 0 Å². The lowest BCUT2D eigenvalue weighted by Crippen LogP contribution is -2.07. The van der Waals surface area contributed by atoms with Gasteiger partial charge >= 0.3 is 7.69 Å². The molecule has 1 radical (unpaired) electrons. The maximum absolute atomic E-state index is 9.41. The molecule has 0 unspecified atom stereocenters. The van der Waals surface area contributed by atoms with Crippen LogP contribution in [-0.2, 0) is 10.0 Å². The molecule has 49 valence electrons. The molecule has 0 amide bonds. The van der Waals surface area contributed by atoms with Crippen LogP contribution in [0.2, 0.25) is 0 Å². The van der Waals surface area contributed by atoms with Crippen molar-refractivity contribution < 1.29 is 18.5 Å². The molecule has 0 aromatic rings. The van der Waals surface area contributed by atoms with Crippen LogP contribution in [0.4, 0.5) is 0 Å². The van der Waals surface area contributed by atoms with Crippen molar-refractivity contribution in [3.8, 4) is 0 Å². The number of hydrogen-bond acceptors (Lipinski definition) is 4. The van der Waals surface area contributed by atoms with Crippen LogP contribution in [0, 0.1) is 0 Å². The highest BCUT2D eigenvalue weighted by molar-refractivity contribution is 7.88. The third-order valence-electron chi connectivity index (χ3n) is 0. The monoisotopic (exact) mass is 140 g/mol. The van der Waals surface area contributed by atoms with Gasteiger partial charge in [-0.3, -0.25) is 0 Å². The van der Waals surface area contributed by atoms with Crippen LogP contribution >= 0.6 is 0 Å². The second kappa shape index (κ2) is 5.04. The average molecular weight is 140 g/mol. The largest absolute Gasteiger partial charge is 0.482 e. The Kier molecular flexibility index (Phi) is 6.80. The Bertz CT molecular complexity index is 110. The molecule has 0 aromatic carbocycles. The average Bonchev–Trinajstić information content (AvgIpc) is 1.27. The van der Waals surface area contributed by atoms with E-state index in [4.69, 9.17) is 10.0 Å². The van der Waals surface area contributed by atoms with E-state index in [0.29, 0.717) is 0 Å². The van der Waals surface area contributed by atoms with Crippen molar-refractivity contribution in [2.75, 3.05) is 6.26 Å². The topological polar surface area (TPSA) is 101 Å². The Morgan fingerprint density at radius 2 is 1.50 bits per heavy atom. The molecule has 0 bridgehead atoms. The minimum absolute atomic E-state index is 0. The molecular formula is CH7BNO4S. The molecule has 0 aliphatic carbocycles. The Hall–Kier alpha value is -0.105. The van der Waals surface area contributed by atoms with Gasteiger partial charge in [-0.25, -0.2) is 13.6 Å². The molecule has 0 saturated heterocycles. The van der Waals surface area contributed by atoms with Crippen molar-refractivity contribution in [3.05, 3.63) is 0 Å². The molecule has 0 fully saturated rings. The molecule has 0 rings (SSSR count). The maximum Gasteiger partial charge on any atom is 0.482 e. The zero-order chi connectivity index (χ0) is 7.21. The Balaban J connectivity index is 0. The molecule has 0 atom stereocenters. The van der Waals surface area contributed by atoms with Crippen LogP contribution in [0.5, 0.6) is 0 Å². The second-order valence-corrected chi connectivity index (χ2v) is 2.60. The van der Waals surface area contributed by atoms with Crippen LogP contribution < -0.4 is 5.14 Å². The maximum atomic E-state index is 9.41. The summed E-state index contributed by atoms with van der Waals surface area (Å²) in [4.78, 5) is 0. The van der Waals surface area contributed by atoms with E-state index in [1.165, 1.54) is 0 Å². The summed E-state index contributed by atoms with van der Waals surface area (Å²) in [6, 6.07) is 0. The molecular weight excluding hydrogens is 133 g/mol. The highest BCUT2D eigenvalue weighted by Gasteiger charge is 1.78. The lowest BCUT2D eigenvalue weighted by Gasteiger charge is -1.71. The predicted octanol–water partition coefficient (Wildman–Crippen LogP) is -2.59. The first-order chi connectivity index (χ1) is 3.41. The summed E-state index contributed by atoms with van der Waals surface area (Å²) in [5.74, 6) is 0. The molecule has 0 heterocycles. The van der Waals surface area contributed by atoms with Crippen molar-refractivity contribution in [3.63, 3.8) is 0 Å². The van der Waals surface area contributed by atoms with Gasteiger partial charge in [0.05, 0.1) is 6.26 Å². The normalized spacial score (nSPS) is 9.00. The molecule has 0 aliphatic rings. The minimum atomic E-state index is -3.17. The van der Waals surface area contributed by atoms with Gasteiger partial charge in [0.15, 0.2) is 0 Å². The van der Waals surface area contributed by atoms with Crippen molar-refractivity contribution in [2.24, 2.45) is 5.14 Å². The van der Waals surface area contributed by atoms with Gasteiger partial charge < -0.3 is 10.0 Å². The van der Waals surface area contributed by atoms with Crippen LogP contribution in [0.1, 0.15) is 0 Å². The molecule has 0 saturated carbocycles. The standard InChI is InChI=1S/CH5NO2S.BH2O2/c1-5(2,3)4;2-1-3/h1H3,(H2,2,3,4);2-3H. The first-order valence-corrected chi connectivity index (χ1v) is 3.45. The van der Waals surface area contributed by atoms with Gasteiger partial charge in [0.25, 0.3) is 0 Å². The van der Waals surface area contributed by atoms with Gasteiger partial charge in [-0.2, -0.15) is 0 Å². The molecule has 0 aromatic heterocycles. The van der Waals surface area contributed by atoms with E-state index >= 15 is 0 Å². The van der Waals surface area contributed by atoms with Gasteiger partial charge in [0.2, 0.25) is 10.0 Å². The van der Waals surface area contributed by atoms with E-state index in [9.17, 15) is 8.42 Å². The summed E-state index contributed by atoms with van der Waals surface area (Å²) in [6.45, 7) is 0. The summed E-state index contributed by atoms with van der Waals surface area (Å²) in [7, 11) is -3.17. The SMILES string of the molecule is CS(N)(=O)=O.O[B]O. The second-order valence-electron chi connectivity index (χ2n) is 0.945. The first-order valence-electron chi connectivity index (χ1n) is 1.49. The smallest absolute Gasteiger partial charge is 0.429 e. The Labute approximate surface area is 48.5 Å². The predicted molar refractivity (Wildman–Crippen MR) is 29.2 cm³/mol. The lowest BCUT2D eigenvalue weighted by molar-refractivity contribution is 0.448. The van der Waals surface area contributed by atoms with E-state index in [0.717, 1.165) is 6.26 Å². The summed E-state index contributed by atoms with van der Waals surface area (Å²) < 4.78 is 18.8. The van der Waals surface area contributed by atoms with E-state index in [2.05, 4.69) is 5.14 Å². The summed E-state index contributed by atoms with van der Waals surface area (Å²) in [5.41, 5.74) is 0. The van der Waals surface area contributed by atoms with Gasteiger partial charge in [-0.1, -0.05) is 0 Å². The fourth-order valence-corrected chi connectivity index (χ4v) is 0. The van der Waals surface area contributed by atoms with Crippen molar-refractivity contribution >= 4 is 17.7 Å². The molecule has 8 heavy (non-hydrogen) atoms. The molecule has 5 nitrogen and oxygen atoms in total. The van der Waals surface area contributed by atoms with E-state index in [-0.39, 0.29) is 7.69 Å². The van der Waals surface area contributed by atoms with Crippen molar-refractivity contribution in [1.29, 1.82) is 0 Å². The fourth-order valence-electron chi connectivity index (χ4n) is 0. The number of hydrogen-bond donors (Lipinski definition) is 3. The third kappa shape index (κ3) is 12800. The zero-order valence-electron chi connectivity index (χ0n) is 4.27. The molecule has 4 N–H and O–H groups in total. The van der Waals surface area contributed by atoms with E-state index in [1.807, 2.05) is 0 Å². The van der Waals surface area contributed by atoms with E-state index < -0.39 is 10.0 Å². The minimum Gasteiger partial charge on any atom is -0.429 e. The fraction of sp³-hybridized carbons (Fsp3) is 1.00. The molecule has 7 heteroatoms.